The molecule has 8 nitrogen and oxygen atoms in total. The van der Waals surface area contributed by atoms with Gasteiger partial charge in [0.15, 0.2) is 0 Å². The fraction of sp³-hybridized carbons (Fsp3) is 0.130. The van der Waals surface area contributed by atoms with Crippen LogP contribution in [0.4, 0.5) is 10.7 Å². The van der Waals surface area contributed by atoms with E-state index in [1.54, 1.807) is 35.6 Å². The van der Waals surface area contributed by atoms with Crippen LogP contribution in [-0.4, -0.2) is 24.4 Å². The minimum absolute atomic E-state index is 0.171. The van der Waals surface area contributed by atoms with Gasteiger partial charge in [0.2, 0.25) is 0 Å². The van der Waals surface area contributed by atoms with Crippen LogP contribution in [0.2, 0.25) is 0 Å². The van der Waals surface area contributed by atoms with Crippen molar-refractivity contribution in [3.63, 3.8) is 0 Å². The van der Waals surface area contributed by atoms with Crippen LogP contribution in [-0.2, 0) is 32.9 Å². The van der Waals surface area contributed by atoms with Gasteiger partial charge in [-0.1, -0.05) is 42.5 Å². The van der Waals surface area contributed by atoms with Gasteiger partial charge in [-0.15, -0.1) is 22.7 Å². The minimum Gasteiger partial charge on any atom is -0.463 e. The molecule has 0 radical (unpaired) electrons. The van der Waals surface area contributed by atoms with E-state index in [0.717, 1.165) is 32.4 Å². The van der Waals surface area contributed by atoms with Crippen molar-refractivity contribution in [2.75, 3.05) is 10.0 Å². The van der Waals surface area contributed by atoms with Crippen LogP contribution in [0.15, 0.2) is 71.4 Å². The zero-order valence-corrected chi connectivity index (χ0v) is 20.2. The zero-order valence-electron chi connectivity index (χ0n) is 17.7. The number of nitrogens with one attached hydrogen (secondary N) is 2. The lowest BCUT2D eigenvalue weighted by molar-refractivity contribution is -0.129. The Bertz CT molecular complexity index is 1340. The first-order valence-corrected chi connectivity index (χ1v) is 13.3. The van der Waals surface area contributed by atoms with E-state index in [0.29, 0.717) is 12.9 Å². The van der Waals surface area contributed by atoms with Gasteiger partial charge >= 0.3 is 10.3 Å². The molecule has 0 amide bonds. The second-order valence-corrected chi connectivity index (χ2v) is 10.2. The number of carbonyl (C=O) groups excluding carboxylic acids is 1. The molecule has 4 aromatic rings. The van der Waals surface area contributed by atoms with Crippen molar-refractivity contribution in [2.24, 2.45) is 0 Å². The molecule has 0 aliphatic heterocycles. The van der Waals surface area contributed by atoms with E-state index < -0.39 is 10.3 Å². The van der Waals surface area contributed by atoms with Crippen molar-refractivity contribution in [3.05, 3.63) is 88.2 Å². The molecule has 34 heavy (non-hydrogen) atoms. The van der Waals surface area contributed by atoms with Crippen LogP contribution >= 0.6 is 22.7 Å². The number of hydrogen-bond donors (Lipinski definition) is 3. The average molecular weight is 516 g/mol. The third-order valence-corrected chi connectivity index (χ3v) is 7.19. The molecule has 3 N–H and O–H groups in total. The van der Waals surface area contributed by atoms with Gasteiger partial charge in [-0.2, -0.15) is 8.42 Å². The molecule has 2 aromatic carbocycles. The summed E-state index contributed by atoms with van der Waals surface area (Å²) < 4.78 is 38.0. The molecule has 0 fully saturated rings. The van der Waals surface area contributed by atoms with Crippen LogP contribution in [0.3, 0.4) is 0 Å². The number of thiophene rings is 1. The summed E-state index contributed by atoms with van der Waals surface area (Å²) in [6.45, 7) is 0.595. The molecule has 0 spiro atoms. The lowest BCUT2D eigenvalue weighted by Crippen LogP contribution is -2.15. The van der Waals surface area contributed by atoms with Crippen LogP contribution in [0, 0.1) is 0 Å². The van der Waals surface area contributed by atoms with Crippen LogP contribution in [0.5, 0.6) is 0 Å². The van der Waals surface area contributed by atoms with Gasteiger partial charge in [-0.3, -0.25) is 14.1 Å². The van der Waals surface area contributed by atoms with Gasteiger partial charge in [0.1, 0.15) is 11.6 Å². The molecular weight excluding hydrogens is 494 g/mol. The Balaban J connectivity index is 1.60. The minimum atomic E-state index is -4.33. The Morgan fingerprint density at radius 1 is 1.06 bits per heavy atom. The van der Waals surface area contributed by atoms with E-state index in [9.17, 15) is 13.2 Å². The molecule has 0 aliphatic carbocycles. The smallest absolute Gasteiger partial charge is 0.357 e. The lowest BCUT2D eigenvalue weighted by atomic mass is 10.0. The summed E-state index contributed by atoms with van der Waals surface area (Å²) in [5, 5.41) is 9.27. The predicted octanol–water partition coefficient (Wildman–Crippen LogP) is 5.16. The first kappa shape index (κ1) is 23.9. The Morgan fingerprint density at radius 3 is 2.53 bits per heavy atom. The number of aromatic nitrogens is 1. The van der Waals surface area contributed by atoms with Gasteiger partial charge < -0.3 is 10.1 Å². The summed E-state index contributed by atoms with van der Waals surface area (Å²) >= 11 is 3.07. The first-order chi connectivity index (χ1) is 16.4. The summed E-state index contributed by atoms with van der Waals surface area (Å²) in [6.07, 6.45) is 0.565. The number of nitrogens with zero attached hydrogens (tertiary/aromatic N) is 1. The second-order valence-electron chi connectivity index (χ2n) is 7.30. The summed E-state index contributed by atoms with van der Waals surface area (Å²) in [6, 6.07) is 18.4. The molecule has 2 heterocycles. The highest BCUT2D eigenvalue weighted by Gasteiger charge is 2.19. The van der Waals surface area contributed by atoms with Crippen LogP contribution in [0.25, 0.3) is 10.6 Å². The fourth-order valence-electron chi connectivity index (χ4n) is 3.34. The third-order valence-electron chi connectivity index (χ3n) is 4.90. The number of carbonyl (C=O) groups is 1. The molecule has 0 unspecified atom stereocenters. The van der Waals surface area contributed by atoms with E-state index in [-0.39, 0.29) is 18.3 Å². The molecule has 0 saturated carbocycles. The Kier molecular flexibility index (Phi) is 7.58. The molecule has 0 aliphatic rings. The Morgan fingerprint density at radius 2 is 1.82 bits per heavy atom. The molecule has 4 rings (SSSR count). The third kappa shape index (κ3) is 6.41. The van der Waals surface area contributed by atoms with Gasteiger partial charge in [0.25, 0.3) is 6.47 Å². The van der Waals surface area contributed by atoms with Crippen LogP contribution in [0.1, 0.15) is 22.9 Å². The quantitative estimate of drug-likeness (QED) is 0.187. The maximum Gasteiger partial charge on any atom is 0.357 e. The first-order valence-electron chi connectivity index (χ1n) is 10.1. The van der Waals surface area contributed by atoms with Gasteiger partial charge in [-0.25, -0.2) is 4.98 Å². The SMILES string of the molecule is O=COCc1ccsc1N[C@@H](Cc1ccc(NS(=O)(=O)O)cc1)c1csc(-c2ccccc2)n1. The Labute approximate surface area is 205 Å². The molecular formula is C23H21N3O5S3. The highest BCUT2D eigenvalue weighted by molar-refractivity contribution is 7.87. The topological polar surface area (TPSA) is 118 Å². The van der Waals surface area contributed by atoms with E-state index in [1.807, 2.05) is 51.9 Å². The normalized spacial score (nSPS) is 12.1. The molecule has 0 saturated heterocycles. The highest BCUT2D eigenvalue weighted by Crippen LogP contribution is 2.33. The van der Waals surface area contributed by atoms with Gasteiger partial charge in [0, 0.05) is 16.5 Å². The summed E-state index contributed by atoms with van der Waals surface area (Å²) in [5.74, 6) is 0. The zero-order chi connectivity index (χ0) is 24.0. The number of anilines is 2. The second kappa shape index (κ2) is 10.8. The van der Waals surface area contributed by atoms with E-state index in [1.165, 1.54) is 11.3 Å². The lowest BCUT2D eigenvalue weighted by Gasteiger charge is -2.19. The maximum absolute atomic E-state index is 11.0. The van der Waals surface area contributed by atoms with Crippen molar-refractivity contribution in [3.8, 4) is 10.6 Å². The number of hydrogen-bond acceptors (Lipinski definition) is 8. The standard InChI is InChI=1S/C23H21N3O5S3/c27-15-31-13-18-10-11-32-23(18)24-20(12-16-6-8-19(9-7-16)26-34(28,29)30)21-14-33-22(25-21)17-4-2-1-3-5-17/h1-11,14-15,20,24,26H,12-13H2,(H,28,29,30)/t20-/m0/s1. The number of ether oxygens (including phenoxy) is 1. The summed E-state index contributed by atoms with van der Waals surface area (Å²) in [7, 11) is -4.33. The molecule has 176 valence electrons. The monoisotopic (exact) mass is 515 g/mol. The molecule has 11 heteroatoms. The van der Waals surface area contributed by atoms with Crippen molar-refractivity contribution in [1.82, 2.24) is 4.98 Å². The van der Waals surface area contributed by atoms with Crippen molar-refractivity contribution < 1.29 is 22.5 Å². The largest absolute Gasteiger partial charge is 0.463 e. The number of benzene rings is 2. The molecule has 2 aromatic heterocycles. The van der Waals surface area contributed by atoms with Crippen LogP contribution < -0.4 is 10.0 Å². The maximum atomic E-state index is 11.0. The van der Waals surface area contributed by atoms with E-state index >= 15 is 0 Å². The van der Waals surface area contributed by atoms with E-state index in [2.05, 4.69) is 5.32 Å². The predicted molar refractivity (Wildman–Crippen MR) is 134 cm³/mol. The average Bonchev–Trinajstić information content (AvgIpc) is 3.48. The van der Waals surface area contributed by atoms with Crippen molar-refractivity contribution in [1.29, 1.82) is 0 Å². The highest BCUT2D eigenvalue weighted by atomic mass is 32.2. The van der Waals surface area contributed by atoms with Crippen molar-refractivity contribution >= 4 is 50.1 Å². The van der Waals surface area contributed by atoms with Gasteiger partial charge in [-0.05, 0) is 35.6 Å². The number of thiazole rings is 1. The molecule has 0 bridgehead atoms. The molecule has 1 atom stereocenters. The summed E-state index contributed by atoms with van der Waals surface area (Å²) in [4.78, 5) is 15.5. The van der Waals surface area contributed by atoms with E-state index in [4.69, 9.17) is 14.3 Å². The Hall–Kier alpha value is -3.25. The summed E-state index contributed by atoms with van der Waals surface area (Å²) in [5.41, 5.74) is 3.97. The van der Waals surface area contributed by atoms with Crippen molar-refractivity contribution in [2.45, 2.75) is 19.1 Å². The fourth-order valence-corrected chi connectivity index (χ4v) is 5.51. The number of rotatable bonds is 11. The van der Waals surface area contributed by atoms with Gasteiger partial charge in [0.05, 0.1) is 22.4 Å².